The Morgan fingerprint density at radius 1 is 1.58 bits per heavy atom. The van der Waals surface area contributed by atoms with Crippen LogP contribution in [0.15, 0.2) is 25.2 Å². The van der Waals surface area contributed by atoms with E-state index in [2.05, 4.69) is 11.5 Å². The molecular weight excluding hydrogens is 275 g/mol. The van der Waals surface area contributed by atoms with Gasteiger partial charge in [0.1, 0.15) is 0 Å². The van der Waals surface area contributed by atoms with Crippen LogP contribution in [0.25, 0.3) is 0 Å². The predicted molar refractivity (Wildman–Crippen MR) is 36.0 cm³/mol. The van der Waals surface area contributed by atoms with E-state index in [-0.39, 0.29) is 0 Å². The minimum absolute atomic E-state index is 0.934. The maximum absolute atomic E-state index is 8.68. The zero-order valence-corrected chi connectivity index (χ0v) is 8.84. The molecule has 0 spiro atoms. The van der Waals surface area contributed by atoms with E-state index in [4.69, 9.17) is 10.3 Å². The van der Waals surface area contributed by atoms with E-state index in [1.54, 1.807) is 6.20 Å². The van der Waals surface area contributed by atoms with Crippen molar-refractivity contribution in [2.45, 2.75) is 0 Å². The summed E-state index contributed by atoms with van der Waals surface area (Å²) in [5.41, 5.74) is 0. The van der Waals surface area contributed by atoms with Crippen LogP contribution in [0, 0.1) is 0 Å². The highest BCUT2D eigenvalue weighted by Gasteiger charge is 2.01. The number of rotatable bonds is 1. The van der Waals surface area contributed by atoms with Gasteiger partial charge in [-0.3, -0.25) is 0 Å². The Bertz CT molecular complexity index is 160. The Labute approximate surface area is 80.3 Å². The first-order chi connectivity index (χ1) is 5.56. The van der Waals surface area contributed by atoms with Gasteiger partial charge in [-0.2, -0.15) is 0 Å². The summed E-state index contributed by atoms with van der Waals surface area (Å²) in [6, 6.07) is 0. The van der Waals surface area contributed by atoms with Gasteiger partial charge in [0.25, 0.3) is 0 Å². The second kappa shape index (κ2) is 6.23. The lowest BCUT2D eigenvalue weighted by atomic mass is 10.8. The van der Waals surface area contributed by atoms with E-state index in [0.29, 0.717) is 0 Å². The molecule has 0 fully saturated rings. The zero-order chi connectivity index (χ0) is 9.56. The third-order valence-electron chi connectivity index (χ3n) is 1.13. The molecule has 1 heterocycles. The van der Waals surface area contributed by atoms with Crippen molar-refractivity contribution in [1.82, 2.24) is 9.80 Å². The van der Waals surface area contributed by atoms with E-state index in [9.17, 15) is 0 Å². The second-order valence-electron chi connectivity index (χ2n) is 2.09. The summed E-state index contributed by atoms with van der Waals surface area (Å²) < 4.78 is 24.5. The lowest BCUT2D eigenvalue weighted by Crippen LogP contribution is -3.98. The van der Waals surface area contributed by atoms with Gasteiger partial charge in [0, 0.05) is 19.4 Å². The molecule has 12 heavy (non-hydrogen) atoms. The average Bonchev–Trinajstić information content (AvgIpc) is 2.34. The molecule has 0 aliphatic carbocycles. The molecular formula is C6H11IN2O3. The number of hydrogen-bond acceptors (Lipinski definition) is 5. The highest BCUT2D eigenvalue weighted by molar-refractivity contribution is 4.93. The fourth-order valence-electron chi connectivity index (χ4n) is 0.670. The second-order valence-corrected chi connectivity index (χ2v) is 3.24. The van der Waals surface area contributed by atoms with Gasteiger partial charge in [-0.25, -0.2) is 0 Å². The highest BCUT2D eigenvalue weighted by Crippen LogP contribution is 2.01. The number of hydrogen-bond donors (Lipinski definition) is 1. The topological polar surface area (TPSA) is 72.8 Å². The van der Waals surface area contributed by atoms with E-state index in [1.807, 2.05) is 24.3 Å². The molecule has 0 radical (unpaired) electrons. The molecule has 0 atom stereocenters. The van der Waals surface area contributed by atoms with Gasteiger partial charge >= 0.3 is 21.1 Å². The molecule has 5 nitrogen and oxygen atoms in total. The first-order valence-corrected chi connectivity index (χ1v) is 5.80. The summed E-state index contributed by atoms with van der Waals surface area (Å²) in [6.07, 6.45) is 5.81. The lowest BCUT2D eigenvalue weighted by Gasteiger charge is -2.11. The Hall–Kier alpha value is -0.310. The Morgan fingerprint density at radius 3 is 2.25 bits per heavy atom. The minimum Gasteiger partial charge on any atom is -0.396 e. The summed E-state index contributed by atoms with van der Waals surface area (Å²) in [5.74, 6) is 0. The van der Waals surface area contributed by atoms with Gasteiger partial charge in [0.15, 0.2) is 0 Å². The number of nitrogens with zero attached hydrogens (tertiary/aromatic N) is 2. The molecule has 0 aromatic carbocycles. The molecule has 0 aromatic rings. The van der Waals surface area contributed by atoms with E-state index < -0.39 is 21.1 Å². The first-order valence-electron chi connectivity index (χ1n) is 3.07. The van der Waals surface area contributed by atoms with Gasteiger partial charge < -0.3 is 16.7 Å². The van der Waals surface area contributed by atoms with Gasteiger partial charge in [-0.05, 0) is 9.64 Å². The van der Waals surface area contributed by atoms with E-state index in [0.717, 1.165) is 6.67 Å². The summed E-state index contributed by atoms with van der Waals surface area (Å²) >= 11 is -3.76. The molecule has 70 valence electrons. The van der Waals surface area contributed by atoms with Crippen molar-refractivity contribution < 1.29 is 31.4 Å². The zero-order valence-electron chi connectivity index (χ0n) is 6.68. The summed E-state index contributed by atoms with van der Waals surface area (Å²) in [7, 11) is 2.03. The quantitative estimate of drug-likeness (QED) is 0.488. The largest absolute Gasteiger partial charge is 0.503 e. The first kappa shape index (κ1) is 11.7. The Kier molecular flexibility index (Phi) is 6.07. The minimum atomic E-state index is -3.76. The van der Waals surface area contributed by atoms with Crippen molar-refractivity contribution in [2.24, 2.45) is 0 Å². The third kappa shape index (κ3) is 6.40. The molecule has 1 N–H and O–H groups in total. The maximum atomic E-state index is 8.68. The molecule has 0 saturated carbocycles. The van der Waals surface area contributed by atoms with Crippen molar-refractivity contribution in [3.63, 3.8) is 0 Å². The molecule has 1 aliphatic heterocycles. The Balaban J connectivity index is 0.000000261. The third-order valence-corrected chi connectivity index (χ3v) is 1.13. The van der Waals surface area contributed by atoms with Gasteiger partial charge in [0.2, 0.25) is 0 Å². The van der Waals surface area contributed by atoms with Gasteiger partial charge in [-0.1, -0.05) is 6.58 Å². The normalized spacial score (nSPS) is 14.8. The molecule has 6 heteroatoms. The van der Waals surface area contributed by atoms with Gasteiger partial charge in [-0.15, -0.1) is 0 Å². The molecule has 0 saturated heterocycles. The smallest absolute Gasteiger partial charge is 0.396 e. The fourth-order valence-corrected chi connectivity index (χ4v) is 0.670. The summed E-state index contributed by atoms with van der Waals surface area (Å²) in [5, 5.41) is 0. The summed E-state index contributed by atoms with van der Waals surface area (Å²) in [4.78, 5) is 4.10. The molecule has 1 rings (SSSR count). The molecule has 1 aliphatic rings. The van der Waals surface area contributed by atoms with Crippen LogP contribution in [0.1, 0.15) is 0 Å². The van der Waals surface area contributed by atoms with Crippen molar-refractivity contribution in [3.05, 3.63) is 25.2 Å². The molecule has 0 amide bonds. The maximum Gasteiger partial charge on any atom is 0.503 e. The highest BCUT2D eigenvalue weighted by atomic mass is 127. The van der Waals surface area contributed by atoms with Crippen molar-refractivity contribution in [3.8, 4) is 0 Å². The van der Waals surface area contributed by atoms with Crippen molar-refractivity contribution >= 4 is 0 Å². The standard InChI is InChI=1S/C6H10N2.HIO3/c1-3-8-5-4-7(2)6-8;2-1(3)4/h3-5H,1,6H2,2H3;2H. The van der Waals surface area contributed by atoms with Crippen LogP contribution in [0.5, 0.6) is 0 Å². The van der Waals surface area contributed by atoms with Crippen LogP contribution < -0.4 is 27.9 Å². The lowest BCUT2D eigenvalue weighted by molar-refractivity contribution is -1.63. The van der Waals surface area contributed by atoms with Crippen LogP contribution in [0.3, 0.4) is 0 Å². The van der Waals surface area contributed by atoms with Crippen molar-refractivity contribution in [2.75, 3.05) is 13.7 Å². The van der Waals surface area contributed by atoms with Crippen LogP contribution in [-0.2, 0) is 0 Å². The Morgan fingerprint density at radius 2 is 2.08 bits per heavy atom. The SMILES string of the molecule is C=CN1C=CN(C)C1.[O-][I+2]([O-])O. The van der Waals surface area contributed by atoms with Crippen molar-refractivity contribution in [1.29, 1.82) is 0 Å². The average molecular weight is 286 g/mol. The van der Waals surface area contributed by atoms with Crippen LogP contribution in [0.4, 0.5) is 0 Å². The fraction of sp³-hybridized carbons (Fsp3) is 0.333. The van der Waals surface area contributed by atoms with Crippen LogP contribution >= 0.6 is 0 Å². The van der Waals surface area contributed by atoms with Gasteiger partial charge in [0.05, 0.1) is 6.67 Å². The molecule has 0 unspecified atom stereocenters. The van der Waals surface area contributed by atoms with Crippen LogP contribution in [-0.4, -0.2) is 27.0 Å². The number of halogens is 1. The molecule has 0 aromatic heterocycles. The monoisotopic (exact) mass is 286 g/mol. The summed E-state index contributed by atoms with van der Waals surface area (Å²) in [6.45, 7) is 4.56. The van der Waals surface area contributed by atoms with E-state index in [1.165, 1.54) is 0 Å². The van der Waals surface area contributed by atoms with E-state index >= 15 is 0 Å². The molecule has 0 bridgehead atoms. The predicted octanol–water partition coefficient (Wildman–Crippen LogP) is -5.12. The van der Waals surface area contributed by atoms with Crippen LogP contribution in [0.2, 0.25) is 0 Å².